The SMILES string of the molecule is O=C(NCC1COC2(CCCCC2)O1)c1ccc2ccccc2c1. The Labute approximate surface area is 142 Å². The van der Waals surface area contributed by atoms with E-state index in [2.05, 4.69) is 5.32 Å². The van der Waals surface area contributed by atoms with Gasteiger partial charge in [-0.25, -0.2) is 0 Å². The third-order valence-electron chi connectivity index (χ3n) is 5.03. The monoisotopic (exact) mass is 325 g/mol. The summed E-state index contributed by atoms with van der Waals surface area (Å²) in [5.74, 6) is -0.440. The molecule has 1 atom stereocenters. The fourth-order valence-corrected chi connectivity index (χ4v) is 3.71. The summed E-state index contributed by atoms with van der Waals surface area (Å²) in [4.78, 5) is 12.4. The van der Waals surface area contributed by atoms with Crippen molar-refractivity contribution in [2.45, 2.75) is 44.0 Å². The smallest absolute Gasteiger partial charge is 0.251 e. The molecule has 1 unspecified atom stereocenters. The van der Waals surface area contributed by atoms with Crippen molar-refractivity contribution in [2.24, 2.45) is 0 Å². The number of carbonyl (C=O) groups is 1. The predicted octanol–water partition coefficient (Wildman–Crippen LogP) is 3.65. The molecule has 2 aromatic carbocycles. The van der Waals surface area contributed by atoms with Crippen molar-refractivity contribution >= 4 is 16.7 Å². The zero-order valence-electron chi connectivity index (χ0n) is 13.8. The number of fused-ring (bicyclic) bond motifs is 1. The number of rotatable bonds is 3. The first-order chi connectivity index (χ1) is 11.7. The molecule has 1 heterocycles. The van der Waals surface area contributed by atoms with Crippen LogP contribution in [0.25, 0.3) is 10.8 Å². The van der Waals surface area contributed by atoms with E-state index in [1.54, 1.807) is 0 Å². The summed E-state index contributed by atoms with van der Waals surface area (Å²) in [5, 5.41) is 5.20. The van der Waals surface area contributed by atoms with Gasteiger partial charge in [0.2, 0.25) is 0 Å². The van der Waals surface area contributed by atoms with Gasteiger partial charge in [0.1, 0.15) is 6.10 Å². The van der Waals surface area contributed by atoms with Crippen LogP contribution < -0.4 is 5.32 Å². The molecule has 2 aromatic rings. The van der Waals surface area contributed by atoms with E-state index >= 15 is 0 Å². The molecule has 4 heteroatoms. The summed E-state index contributed by atoms with van der Waals surface area (Å²) in [6.45, 7) is 1.06. The largest absolute Gasteiger partial charge is 0.349 e. The van der Waals surface area contributed by atoms with Gasteiger partial charge in [-0.1, -0.05) is 36.8 Å². The summed E-state index contributed by atoms with van der Waals surface area (Å²) >= 11 is 0. The molecule has 0 radical (unpaired) electrons. The third-order valence-corrected chi connectivity index (χ3v) is 5.03. The molecule has 0 bridgehead atoms. The van der Waals surface area contributed by atoms with Crippen LogP contribution in [0.15, 0.2) is 42.5 Å². The maximum atomic E-state index is 12.4. The number of ether oxygens (including phenoxy) is 2. The van der Waals surface area contributed by atoms with Crippen LogP contribution in [0.2, 0.25) is 0 Å². The highest BCUT2D eigenvalue weighted by atomic mass is 16.7. The number of hydrogen-bond donors (Lipinski definition) is 1. The average Bonchev–Trinajstić information content (AvgIpc) is 3.02. The van der Waals surface area contributed by atoms with Gasteiger partial charge in [0.25, 0.3) is 5.91 Å². The number of benzene rings is 2. The fourth-order valence-electron chi connectivity index (χ4n) is 3.71. The molecule has 0 aromatic heterocycles. The van der Waals surface area contributed by atoms with Gasteiger partial charge in [0, 0.05) is 24.9 Å². The van der Waals surface area contributed by atoms with Crippen molar-refractivity contribution < 1.29 is 14.3 Å². The average molecular weight is 325 g/mol. The maximum Gasteiger partial charge on any atom is 0.251 e. The van der Waals surface area contributed by atoms with Gasteiger partial charge in [0.05, 0.1) is 6.61 Å². The predicted molar refractivity (Wildman–Crippen MR) is 92.9 cm³/mol. The van der Waals surface area contributed by atoms with Crippen molar-refractivity contribution in [1.82, 2.24) is 5.32 Å². The highest BCUT2D eigenvalue weighted by molar-refractivity contribution is 5.98. The molecule has 4 nitrogen and oxygen atoms in total. The van der Waals surface area contributed by atoms with Crippen LogP contribution in [0, 0.1) is 0 Å². The Balaban J connectivity index is 1.36. The minimum Gasteiger partial charge on any atom is -0.349 e. The van der Waals surface area contributed by atoms with E-state index in [0.717, 1.165) is 36.5 Å². The van der Waals surface area contributed by atoms with Crippen LogP contribution in [0.1, 0.15) is 42.5 Å². The molecule has 1 amide bonds. The van der Waals surface area contributed by atoms with E-state index in [1.165, 1.54) is 6.42 Å². The Bertz CT molecular complexity index is 736. The molecule has 1 saturated carbocycles. The lowest BCUT2D eigenvalue weighted by Crippen LogP contribution is -2.37. The first-order valence-electron chi connectivity index (χ1n) is 8.83. The number of nitrogens with one attached hydrogen (secondary N) is 1. The second-order valence-electron chi connectivity index (χ2n) is 6.79. The van der Waals surface area contributed by atoms with E-state index in [-0.39, 0.29) is 17.8 Å². The van der Waals surface area contributed by atoms with Crippen molar-refractivity contribution in [2.75, 3.05) is 13.2 Å². The molecule has 24 heavy (non-hydrogen) atoms. The lowest BCUT2D eigenvalue weighted by molar-refractivity contribution is -0.186. The quantitative estimate of drug-likeness (QED) is 0.937. The van der Waals surface area contributed by atoms with Crippen molar-refractivity contribution in [1.29, 1.82) is 0 Å². The molecule has 126 valence electrons. The Kier molecular flexibility index (Phi) is 4.25. The number of amides is 1. The molecule has 2 aliphatic rings. The highest BCUT2D eigenvalue weighted by Crippen LogP contribution is 2.37. The Morgan fingerprint density at radius 3 is 2.71 bits per heavy atom. The fraction of sp³-hybridized carbons (Fsp3) is 0.450. The molecule has 1 aliphatic carbocycles. The van der Waals surface area contributed by atoms with Crippen LogP contribution in [0.5, 0.6) is 0 Å². The Morgan fingerprint density at radius 1 is 1.08 bits per heavy atom. The summed E-state index contributed by atoms with van der Waals surface area (Å²) in [5.41, 5.74) is 0.681. The van der Waals surface area contributed by atoms with Crippen molar-refractivity contribution in [3.05, 3.63) is 48.0 Å². The van der Waals surface area contributed by atoms with Gasteiger partial charge >= 0.3 is 0 Å². The van der Waals surface area contributed by atoms with Crippen LogP contribution in [0.3, 0.4) is 0 Å². The second-order valence-corrected chi connectivity index (χ2v) is 6.79. The van der Waals surface area contributed by atoms with Gasteiger partial charge in [-0.3, -0.25) is 4.79 Å². The minimum absolute atomic E-state index is 0.0486. The molecule has 1 spiro atoms. The summed E-state index contributed by atoms with van der Waals surface area (Å²) < 4.78 is 12.0. The zero-order valence-corrected chi connectivity index (χ0v) is 13.8. The lowest BCUT2D eigenvalue weighted by atomic mass is 9.94. The number of hydrogen-bond acceptors (Lipinski definition) is 3. The summed E-state index contributed by atoms with van der Waals surface area (Å²) in [6.07, 6.45) is 5.49. The van der Waals surface area contributed by atoms with E-state index in [4.69, 9.17) is 9.47 Å². The van der Waals surface area contributed by atoms with Crippen LogP contribution in [-0.2, 0) is 9.47 Å². The topological polar surface area (TPSA) is 47.6 Å². The molecule has 1 N–H and O–H groups in total. The Hall–Kier alpha value is -1.91. The van der Waals surface area contributed by atoms with E-state index < -0.39 is 0 Å². The first-order valence-corrected chi connectivity index (χ1v) is 8.83. The molecule has 2 fully saturated rings. The van der Waals surface area contributed by atoms with Gasteiger partial charge in [-0.15, -0.1) is 0 Å². The van der Waals surface area contributed by atoms with E-state index in [9.17, 15) is 4.79 Å². The third kappa shape index (κ3) is 3.17. The van der Waals surface area contributed by atoms with Gasteiger partial charge in [-0.05, 0) is 35.7 Å². The van der Waals surface area contributed by atoms with Gasteiger partial charge in [0.15, 0.2) is 5.79 Å². The normalized spacial score (nSPS) is 22.8. The molecular formula is C20H23NO3. The van der Waals surface area contributed by atoms with Crippen molar-refractivity contribution in [3.8, 4) is 0 Å². The number of carbonyl (C=O) groups excluding carboxylic acids is 1. The van der Waals surface area contributed by atoms with Crippen LogP contribution in [0.4, 0.5) is 0 Å². The zero-order chi connectivity index (χ0) is 16.4. The summed E-state index contributed by atoms with van der Waals surface area (Å²) in [6, 6.07) is 13.8. The van der Waals surface area contributed by atoms with Crippen molar-refractivity contribution in [3.63, 3.8) is 0 Å². The van der Waals surface area contributed by atoms with Crippen LogP contribution >= 0.6 is 0 Å². The first kappa shape index (κ1) is 15.6. The van der Waals surface area contributed by atoms with Crippen LogP contribution in [-0.4, -0.2) is 30.9 Å². The van der Waals surface area contributed by atoms with E-state index in [0.29, 0.717) is 18.7 Å². The molecule has 4 rings (SSSR count). The highest BCUT2D eigenvalue weighted by Gasteiger charge is 2.42. The Morgan fingerprint density at radius 2 is 1.88 bits per heavy atom. The van der Waals surface area contributed by atoms with Gasteiger partial charge in [-0.2, -0.15) is 0 Å². The lowest BCUT2D eigenvalue weighted by Gasteiger charge is -2.31. The molecule has 1 aliphatic heterocycles. The summed E-state index contributed by atoms with van der Waals surface area (Å²) in [7, 11) is 0. The maximum absolute atomic E-state index is 12.4. The molecule has 1 saturated heterocycles. The second kappa shape index (κ2) is 6.54. The molecular weight excluding hydrogens is 302 g/mol. The van der Waals surface area contributed by atoms with Gasteiger partial charge < -0.3 is 14.8 Å². The van der Waals surface area contributed by atoms with E-state index in [1.807, 2.05) is 42.5 Å². The standard InChI is InChI=1S/C20H23NO3/c22-19(17-9-8-15-6-2-3-7-16(15)12-17)21-13-18-14-23-20(24-18)10-4-1-5-11-20/h2-3,6-9,12,18H,1,4-5,10-11,13-14H2,(H,21,22). The minimum atomic E-state index is -0.378.